The van der Waals surface area contributed by atoms with Crippen LogP contribution in [0.25, 0.3) is 11.1 Å². The number of hydrogen-bond acceptors (Lipinski definition) is 3. The molecular formula is C56H87O3P. The highest BCUT2D eigenvalue weighted by molar-refractivity contribution is 7.42. The molecule has 0 fully saturated rings. The van der Waals surface area contributed by atoms with E-state index >= 15 is 0 Å². The quantitative estimate of drug-likeness (QED) is 0.135. The van der Waals surface area contributed by atoms with E-state index in [1.807, 2.05) is 6.08 Å². The van der Waals surface area contributed by atoms with E-state index in [2.05, 4.69) is 221 Å². The van der Waals surface area contributed by atoms with Gasteiger partial charge in [0.1, 0.15) is 26.1 Å². The molecule has 2 aromatic carbocycles. The molecule has 60 heavy (non-hydrogen) atoms. The number of allylic oxidation sites excluding steroid dienone is 10. The third-order valence-corrected chi connectivity index (χ3v) is 12.0. The molecule has 1 atom stereocenters. The highest BCUT2D eigenvalue weighted by Crippen LogP contribution is 2.47. The molecule has 3 nitrogen and oxygen atoms in total. The van der Waals surface area contributed by atoms with Crippen molar-refractivity contribution in [3.05, 3.63) is 117 Å². The number of phenols is 1. The van der Waals surface area contributed by atoms with Crippen molar-refractivity contribution in [1.82, 2.24) is 0 Å². The number of rotatable bonds is 11. The number of aliphatic hydroxyl groups is 1. The van der Waals surface area contributed by atoms with Crippen LogP contribution in [0, 0.1) is 22.7 Å². The van der Waals surface area contributed by atoms with Crippen LogP contribution in [-0.2, 0) is 26.2 Å². The Bertz CT molecular complexity index is 2010. The molecule has 0 aliphatic heterocycles. The van der Waals surface area contributed by atoms with Crippen molar-refractivity contribution in [2.45, 2.75) is 188 Å². The lowest BCUT2D eigenvalue weighted by Crippen LogP contribution is -2.26. The minimum Gasteiger partial charge on any atom is -0.508 e. The van der Waals surface area contributed by atoms with Crippen LogP contribution in [0.5, 0.6) is 5.75 Å². The lowest BCUT2D eigenvalue weighted by molar-refractivity contribution is 0.426. The van der Waals surface area contributed by atoms with Crippen LogP contribution >= 0.6 is 8.81 Å². The van der Waals surface area contributed by atoms with Gasteiger partial charge < -0.3 is 14.7 Å². The van der Waals surface area contributed by atoms with E-state index in [1.54, 1.807) is 0 Å². The van der Waals surface area contributed by atoms with Gasteiger partial charge >= 0.3 is 0 Å². The summed E-state index contributed by atoms with van der Waals surface area (Å²) in [5.74, 6) is 1.70. The first kappa shape index (κ1) is 52.8. The van der Waals surface area contributed by atoms with Crippen molar-refractivity contribution in [3.8, 4) is 5.75 Å². The Hall–Kier alpha value is -3.29. The van der Waals surface area contributed by atoms with E-state index in [9.17, 15) is 10.2 Å². The smallest absolute Gasteiger partial charge is 0.134 e. The second-order valence-corrected chi connectivity index (χ2v) is 24.6. The van der Waals surface area contributed by atoms with Crippen molar-refractivity contribution >= 4 is 25.3 Å². The van der Waals surface area contributed by atoms with Crippen molar-refractivity contribution in [1.29, 1.82) is 0 Å². The van der Waals surface area contributed by atoms with Gasteiger partial charge in [0.2, 0.25) is 0 Å². The Kier molecular flexibility index (Phi) is 17.1. The van der Waals surface area contributed by atoms with Gasteiger partial charge in [-0.25, -0.2) is 0 Å². The summed E-state index contributed by atoms with van der Waals surface area (Å²) in [6.45, 7) is 52.9. The Labute approximate surface area is 371 Å². The van der Waals surface area contributed by atoms with E-state index in [0.717, 1.165) is 55.6 Å². The third kappa shape index (κ3) is 13.9. The topological polar surface area (TPSA) is 49.7 Å². The first-order chi connectivity index (χ1) is 27.0. The van der Waals surface area contributed by atoms with Crippen LogP contribution in [0.2, 0.25) is 0 Å². The minimum absolute atomic E-state index is 0.131. The summed E-state index contributed by atoms with van der Waals surface area (Å²) in [5.41, 5.74) is 8.76. The molecule has 0 saturated carbocycles. The van der Waals surface area contributed by atoms with E-state index in [0.29, 0.717) is 0 Å². The molecule has 0 bridgehead atoms. The molecule has 0 radical (unpaired) electrons. The number of hydrogen-bond donors (Lipinski definition) is 2. The zero-order valence-corrected chi connectivity index (χ0v) is 43.7. The standard InChI is InChI=1S/C56H87O3P/c1-25-37(51(7,8)9)30-41(47(57)29-36(5)6)43-32-39(53(13,14)15)34-46(56(22,23)24)50(43)60-59-49(44(26-2)54(16,17)18)40(28-27-35(3)4)42-31-38(52(10,11)12)33-45(48(42)58)55(19,20)21/h25-36,57-58,60H,1-24H3/b28-27+,37-25+,41-30-,44-26+,47-29-,49-40-. The summed E-state index contributed by atoms with van der Waals surface area (Å²) >= 11 is 0. The van der Waals surface area contributed by atoms with Crippen molar-refractivity contribution in [3.63, 3.8) is 0 Å². The summed E-state index contributed by atoms with van der Waals surface area (Å²) in [6.07, 6.45) is 12.9. The Morgan fingerprint density at radius 3 is 1.48 bits per heavy atom. The van der Waals surface area contributed by atoms with Crippen LogP contribution in [0.3, 0.4) is 0 Å². The molecule has 0 heterocycles. The Morgan fingerprint density at radius 1 is 0.617 bits per heavy atom. The van der Waals surface area contributed by atoms with Crippen LogP contribution in [0.1, 0.15) is 200 Å². The lowest BCUT2D eigenvalue weighted by Gasteiger charge is -2.32. The molecule has 4 heteroatoms. The zero-order chi connectivity index (χ0) is 46.7. The molecular weight excluding hydrogens is 752 g/mol. The summed E-state index contributed by atoms with van der Waals surface area (Å²) < 4.78 is 7.51. The molecule has 334 valence electrons. The van der Waals surface area contributed by atoms with E-state index in [4.69, 9.17) is 4.52 Å². The highest BCUT2D eigenvalue weighted by atomic mass is 31.1. The van der Waals surface area contributed by atoms with Gasteiger partial charge in [-0.1, -0.05) is 189 Å². The summed E-state index contributed by atoms with van der Waals surface area (Å²) in [6, 6.07) is 9.03. The minimum atomic E-state index is -0.304. The maximum Gasteiger partial charge on any atom is 0.134 e. The lowest BCUT2D eigenvalue weighted by atomic mass is 9.77. The van der Waals surface area contributed by atoms with Crippen molar-refractivity contribution in [2.75, 3.05) is 0 Å². The monoisotopic (exact) mass is 839 g/mol. The van der Waals surface area contributed by atoms with Crippen LogP contribution in [-0.4, -0.2) is 10.2 Å². The van der Waals surface area contributed by atoms with Gasteiger partial charge in [-0.2, -0.15) is 0 Å². The summed E-state index contributed by atoms with van der Waals surface area (Å²) in [7, 11) is -0.131. The second-order valence-electron chi connectivity index (χ2n) is 23.7. The molecule has 0 amide bonds. The third-order valence-electron chi connectivity index (χ3n) is 10.9. The summed E-state index contributed by atoms with van der Waals surface area (Å²) in [4.78, 5) is 0. The van der Waals surface area contributed by atoms with Crippen LogP contribution in [0.4, 0.5) is 0 Å². The van der Waals surface area contributed by atoms with E-state index in [-0.39, 0.29) is 64.6 Å². The average molecular weight is 839 g/mol. The molecule has 2 rings (SSSR count). The zero-order valence-electron chi connectivity index (χ0n) is 42.7. The van der Waals surface area contributed by atoms with E-state index in [1.165, 1.54) is 11.1 Å². The molecule has 1 unspecified atom stereocenters. The molecule has 0 spiro atoms. The molecule has 0 aliphatic rings. The van der Waals surface area contributed by atoms with Crippen molar-refractivity contribution in [2.24, 2.45) is 22.7 Å². The molecule has 0 saturated heterocycles. The fourth-order valence-corrected chi connectivity index (χ4v) is 8.55. The molecule has 2 N–H and O–H groups in total. The SMILES string of the molecule is C\C=C(/C(OPc1c(C(=C/C(=C\C)C(C)(C)C)/C(O)=C/C(C)C)cc(C(C)(C)C)cc1C(C)(C)C)=C(\C=C\C(C)C)c1cc(C(C)(C)C)cc(C(C)(C)C)c1O)C(C)(C)C. The van der Waals surface area contributed by atoms with Crippen molar-refractivity contribution < 1.29 is 14.7 Å². The van der Waals surface area contributed by atoms with Gasteiger partial charge in [0, 0.05) is 27.6 Å². The van der Waals surface area contributed by atoms with Gasteiger partial charge in [-0.15, -0.1) is 0 Å². The number of aromatic hydroxyl groups is 1. The Morgan fingerprint density at radius 2 is 1.10 bits per heavy atom. The first-order valence-electron chi connectivity index (χ1n) is 22.4. The summed E-state index contributed by atoms with van der Waals surface area (Å²) in [5, 5.41) is 25.7. The predicted octanol–water partition coefficient (Wildman–Crippen LogP) is 16.9. The molecule has 0 aliphatic carbocycles. The second kappa shape index (κ2) is 19.4. The van der Waals surface area contributed by atoms with E-state index < -0.39 is 0 Å². The number of benzene rings is 2. The largest absolute Gasteiger partial charge is 0.508 e. The van der Waals surface area contributed by atoms with Gasteiger partial charge in [0.25, 0.3) is 0 Å². The van der Waals surface area contributed by atoms with Crippen LogP contribution in [0.15, 0.2) is 83.4 Å². The fourth-order valence-electron chi connectivity index (χ4n) is 7.26. The van der Waals surface area contributed by atoms with Gasteiger partial charge in [-0.05, 0) is 116 Å². The van der Waals surface area contributed by atoms with Gasteiger partial charge in [-0.3, -0.25) is 0 Å². The maximum absolute atomic E-state index is 12.4. The fraction of sp³-hybridized carbons (Fsp3) is 0.571. The first-order valence-corrected chi connectivity index (χ1v) is 23.3. The highest BCUT2D eigenvalue weighted by Gasteiger charge is 2.33. The normalized spacial score (nSPS) is 15.6. The average Bonchev–Trinajstić information content (AvgIpc) is 3.04. The van der Waals surface area contributed by atoms with Gasteiger partial charge in [0.15, 0.2) is 0 Å². The molecule has 0 aromatic heterocycles. The van der Waals surface area contributed by atoms with Crippen LogP contribution < -0.4 is 5.30 Å². The number of aliphatic hydroxyl groups excluding tert-OH is 1. The number of phenolic OH excluding ortho intramolecular Hbond substituents is 1. The predicted molar refractivity (Wildman–Crippen MR) is 269 cm³/mol. The Balaban J connectivity index is 3.48. The molecule has 2 aromatic rings. The van der Waals surface area contributed by atoms with Gasteiger partial charge in [0.05, 0.1) is 0 Å². The maximum atomic E-state index is 12.4.